The number of ether oxygens (including phenoxy) is 1. The molecule has 2 N–H and O–H groups in total. The van der Waals surface area contributed by atoms with Crippen LogP contribution in [0, 0.1) is 5.41 Å². The van der Waals surface area contributed by atoms with Gasteiger partial charge in [0.05, 0.1) is 0 Å². The van der Waals surface area contributed by atoms with Crippen LogP contribution in [-0.4, -0.2) is 29.8 Å². The van der Waals surface area contributed by atoms with Crippen molar-refractivity contribution < 1.29 is 4.74 Å². The van der Waals surface area contributed by atoms with Gasteiger partial charge in [-0.3, -0.25) is 0 Å². The molecule has 2 atom stereocenters. The lowest BCUT2D eigenvalue weighted by molar-refractivity contribution is 0.0997. The van der Waals surface area contributed by atoms with Crippen LogP contribution in [0.4, 0.5) is 0 Å². The average Bonchev–Trinajstić information content (AvgIpc) is 2.13. The van der Waals surface area contributed by atoms with Crippen molar-refractivity contribution >= 4 is 11.8 Å². The molecule has 0 aromatic carbocycles. The zero-order valence-corrected chi connectivity index (χ0v) is 11.3. The van der Waals surface area contributed by atoms with Crippen LogP contribution < -0.4 is 5.73 Å². The molecule has 1 aliphatic heterocycles. The van der Waals surface area contributed by atoms with E-state index in [0.29, 0.717) is 5.25 Å². The molecule has 0 saturated carbocycles. The molecule has 0 aromatic heterocycles. The molecule has 0 spiro atoms. The van der Waals surface area contributed by atoms with Gasteiger partial charge in [0.25, 0.3) is 0 Å². The minimum absolute atomic E-state index is 0.262. The predicted molar refractivity (Wildman–Crippen MR) is 68.3 cm³/mol. The monoisotopic (exact) mass is 231 g/mol. The topological polar surface area (TPSA) is 35.2 Å². The number of nitrogens with two attached hydrogens (primary N) is 1. The highest BCUT2D eigenvalue weighted by molar-refractivity contribution is 8.00. The van der Waals surface area contributed by atoms with E-state index in [9.17, 15) is 0 Å². The Balaban J connectivity index is 2.50. The Labute approximate surface area is 98.3 Å². The minimum Gasteiger partial charge on any atom is -0.381 e. The van der Waals surface area contributed by atoms with E-state index in [1.807, 2.05) is 0 Å². The van der Waals surface area contributed by atoms with Gasteiger partial charge in [0, 0.05) is 29.8 Å². The first-order chi connectivity index (χ1) is 6.91. The van der Waals surface area contributed by atoms with E-state index in [1.165, 1.54) is 12.8 Å². The van der Waals surface area contributed by atoms with E-state index in [4.69, 9.17) is 10.5 Å². The van der Waals surface area contributed by atoms with Crippen LogP contribution >= 0.6 is 11.8 Å². The van der Waals surface area contributed by atoms with Gasteiger partial charge < -0.3 is 10.5 Å². The number of rotatable bonds is 3. The Morgan fingerprint density at radius 2 is 1.80 bits per heavy atom. The fourth-order valence-electron chi connectivity index (χ4n) is 2.14. The van der Waals surface area contributed by atoms with Crippen molar-refractivity contribution in [2.75, 3.05) is 13.2 Å². The molecule has 0 bridgehead atoms. The Bertz CT molecular complexity index is 183. The Kier molecular flexibility index (Phi) is 4.94. The molecule has 1 saturated heterocycles. The second kappa shape index (κ2) is 5.55. The summed E-state index contributed by atoms with van der Waals surface area (Å²) in [6, 6.07) is 0.262. The lowest BCUT2D eigenvalue weighted by Crippen LogP contribution is -2.40. The molecule has 0 radical (unpaired) electrons. The first-order valence-corrected chi connectivity index (χ1v) is 6.84. The van der Waals surface area contributed by atoms with Gasteiger partial charge in [-0.15, -0.1) is 0 Å². The Morgan fingerprint density at radius 3 is 2.20 bits per heavy atom. The third-order valence-electron chi connectivity index (χ3n) is 2.84. The van der Waals surface area contributed by atoms with Gasteiger partial charge in [-0.2, -0.15) is 11.8 Å². The number of hydrogen-bond acceptors (Lipinski definition) is 3. The first-order valence-electron chi connectivity index (χ1n) is 5.90. The molecule has 1 aliphatic rings. The fraction of sp³-hybridized carbons (Fsp3) is 1.00. The van der Waals surface area contributed by atoms with Crippen LogP contribution in [0.25, 0.3) is 0 Å². The van der Waals surface area contributed by atoms with E-state index in [2.05, 4.69) is 39.5 Å². The van der Waals surface area contributed by atoms with Crippen molar-refractivity contribution in [3.8, 4) is 0 Å². The maximum absolute atomic E-state index is 6.09. The molecule has 90 valence electrons. The third kappa shape index (κ3) is 4.33. The smallest absolute Gasteiger partial charge is 0.0476 e. The van der Waals surface area contributed by atoms with E-state index < -0.39 is 0 Å². The molecular formula is C12H25NOS. The van der Waals surface area contributed by atoms with E-state index in [0.717, 1.165) is 18.5 Å². The Hall–Kier alpha value is 0.270. The zero-order valence-electron chi connectivity index (χ0n) is 10.5. The van der Waals surface area contributed by atoms with Crippen molar-refractivity contribution in [1.82, 2.24) is 0 Å². The summed E-state index contributed by atoms with van der Waals surface area (Å²) in [7, 11) is 0. The van der Waals surface area contributed by atoms with Crippen molar-refractivity contribution in [2.24, 2.45) is 11.1 Å². The molecule has 2 unspecified atom stereocenters. The molecule has 0 amide bonds. The van der Waals surface area contributed by atoms with E-state index in [1.54, 1.807) is 0 Å². The first kappa shape index (κ1) is 13.3. The molecular weight excluding hydrogens is 206 g/mol. The minimum atomic E-state index is 0.262. The van der Waals surface area contributed by atoms with Crippen molar-refractivity contribution in [2.45, 2.75) is 57.1 Å². The molecule has 15 heavy (non-hydrogen) atoms. The summed E-state index contributed by atoms with van der Waals surface area (Å²) in [5.41, 5.74) is 6.38. The Morgan fingerprint density at radius 1 is 1.27 bits per heavy atom. The van der Waals surface area contributed by atoms with Gasteiger partial charge in [-0.1, -0.05) is 20.8 Å². The second-order valence-electron chi connectivity index (χ2n) is 5.59. The third-order valence-corrected chi connectivity index (χ3v) is 5.12. The van der Waals surface area contributed by atoms with Gasteiger partial charge in [-0.05, 0) is 25.2 Å². The van der Waals surface area contributed by atoms with Crippen LogP contribution in [0.15, 0.2) is 0 Å². The predicted octanol–water partition coefficient (Wildman–Crippen LogP) is 2.66. The number of thioether (sulfide) groups is 1. The fourth-order valence-corrected chi connectivity index (χ4v) is 3.67. The highest BCUT2D eigenvalue weighted by Crippen LogP contribution is 2.37. The molecule has 1 heterocycles. The van der Waals surface area contributed by atoms with Gasteiger partial charge >= 0.3 is 0 Å². The van der Waals surface area contributed by atoms with Crippen LogP contribution in [0.2, 0.25) is 0 Å². The largest absolute Gasteiger partial charge is 0.381 e. The normalized spacial score (nSPS) is 23.8. The van der Waals surface area contributed by atoms with Gasteiger partial charge in [0.15, 0.2) is 0 Å². The molecule has 3 heteroatoms. The highest BCUT2D eigenvalue weighted by atomic mass is 32.2. The molecule has 0 aromatic rings. The van der Waals surface area contributed by atoms with E-state index in [-0.39, 0.29) is 11.5 Å². The average molecular weight is 231 g/mol. The van der Waals surface area contributed by atoms with Crippen LogP contribution in [0.5, 0.6) is 0 Å². The lowest BCUT2D eigenvalue weighted by Gasteiger charge is -2.36. The van der Waals surface area contributed by atoms with Crippen molar-refractivity contribution in [3.05, 3.63) is 0 Å². The van der Waals surface area contributed by atoms with Crippen molar-refractivity contribution in [3.63, 3.8) is 0 Å². The lowest BCUT2D eigenvalue weighted by atomic mass is 9.88. The summed E-state index contributed by atoms with van der Waals surface area (Å²) in [5, 5.41) is 1.29. The van der Waals surface area contributed by atoms with Crippen molar-refractivity contribution in [1.29, 1.82) is 0 Å². The molecule has 1 fully saturated rings. The second-order valence-corrected chi connectivity index (χ2v) is 7.04. The summed E-state index contributed by atoms with van der Waals surface area (Å²) in [6.45, 7) is 10.8. The van der Waals surface area contributed by atoms with Gasteiger partial charge in [-0.25, -0.2) is 0 Å². The molecule has 2 nitrogen and oxygen atoms in total. The maximum atomic E-state index is 6.09. The van der Waals surface area contributed by atoms with Crippen LogP contribution in [0.1, 0.15) is 40.5 Å². The van der Waals surface area contributed by atoms with Gasteiger partial charge in [0.2, 0.25) is 0 Å². The van der Waals surface area contributed by atoms with Crippen LogP contribution in [-0.2, 0) is 4.74 Å². The standard InChI is InChI=1S/C12H25NOS/c1-9(13)11(12(2,3)4)15-10-5-7-14-8-6-10/h9-11H,5-8,13H2,1-4H3. The maximum Gasteiger partial charge on any atom is 0.0476 e. The quantitative estimate of drug-likeness (QED) is 0.811. The van der Waals surface area contributed by atoms with E-state index >= 15 is 0 Å². The highest BCUT2D eigenvalue weighted by Gasteiger charge is 2.31. The summed E-state index contributed by atoms with van der Waals surface area (Å²) < 4.78 is 5.38. The summed E-state index contributed by atoms with van der Waals surface area (Å²) in [6.07, 6.45) is 2.37. The SMILES string of the molecule is CC(N)C(SC1CCOCC1)C(C)(C)C. The summed E-state index contributed by atoms with van der Waals surface area (Å²) in [5.74, 6) is 0. The zero-order chi connectivity index (χ0) is 11.5. The van der Waals surface area contributed by atoms with Gasteiger partial charge in [0.1, 0.15) is 0 Å². The number of hydrogen-bond donors (Lipinski definition) is 1. The summed E-state index contributed by atoms with van der Waals surface area (Å²) >= 11 is 2.08. The summed E-state index contributed by atoms with van der Waals surface area (Å²) in [4.78, 5) is 0. The van der Waals surface area contributed by atoms with Crippen LogP contribution in [0.3, 0.4) is 0 Å². The molecule has 1 rings (SSSR count). The molecule has 0 aliphatic carbocycles.